The van der Waals surface area contributed by atoms with E-state index < -0.39 is 0 Å². The molecular formula is C33H22O. The Hall–Kier alpha value is -4.10. The van der Waals surface area contributed by atoms with Crippen LogP contribution in [-0.2, 0) is 12.8 Å². The van der Waals surface area contributed by atoms with Crippen molar-refractivity contribution in [2.24, 2.45) is 0 Å². The second-order valence-corrected chi connectivity index (χ2v) is 9.61. The first-order chi connectivity index (χ1) is 16.8. The van der Waals surface area contributed by atoms with Crippen molar-refractivity contribution < 1.29 is 4.74 Å². The molecule has 1 aliphatic heterocycles. The first-order valence-electron chi connectivity index (χ1n) is 12.1. The molecule has 0 fully saturated rings. The van der Waals surface area contributed by atoms with Crippen molar-refractivity contribution in [2.45, 2.75) is 12.8 Å². The van der Waals surface area contributed by atoms with Crippen molar-refractivity contribution in [1.29, 1.82) is 0 Å². The molecule has 5 aromatic carbocycles. The monoisotopic (exact) mass is 434 g/mol. The zero-order valence-electron chi connectivity index (χ0n) is 18.8. The van der Waals surface area contributed by atoms with Gasteiger partial charge in [-0.2, -0.15) is 0 Å². The molecule has 0 N–H and O–H groups in total. The van der Waals surface area contributed by atoms with E-state index in [9.17, 15) is 0 Å². The number of hydrogen-bond donors (Lipinski definition) is 0. The van der Waals surface area contributed by atoms with Crippen molar-refractivity contribution in [1.82, 2.24) is 0 Å². The van der Waals surface area contributed by atoms with E-state index in [1.807, 2.05) is 0 Å². The summed E-state index contributed by atoms with van der Waals surface area (Å²) in [4.78, 5) is 0. The fraction of sp³-hybridized carbons (Fsp3) is 0.0909. The van der Waals surface area contributed by atoms with Gasteiger partial charge in [0.25, 0.3) is 0 Å². The minimum absolute atomic E-state index is 0.648. The first-order valence-corrected chi connectivity index (χ1v) is 12.1. The van der Waals surface area contributed by atoms with Crippen molar-refractivity contribution >= 4 is 16.8 Å². The summed E-state index contributed by atoms with van der Waals surface area (Å²) in [5.41, 5.74) is 15.1. The van der Waals surface area contributed by atoms with Gasteiger partial charge in [-0.25, -0.2) is 0 Å². The fourth-order valence-corrected chi connectivity index (χ4v) is 6.28. The molecular weight excluding hydrogens is 412 g/mol. The van der Waals surface area contributed by atoms with E-state index in [1.165, 1.54) is 72.0 Å². The summed E-state index contributed by atoms with van der Waals surface area (Å²) >= 11 is 0. The van der Waals surface area contributed by atoms with Crippen molar-refractivity contribution in [3.05, 3.63) is 119 Å². The third-order valence-electron chi connectivity index (χ3n) is 7.79. The van der Waals surface area contributed by atoms with Gasteiger partial charge in [0.2, 0.25) is 0 Å². The predicted molar refractivity (Wildman–Crippen MR) is 140 cm³/mol. The lowest BCUT2D eigenvalue weighted by Crippen LogP contribution is -2.04. The Morgan fingerprint density at radius 2 is 1.29 bits per heavy atom. The summed E-state index contributed by atoms with van der Waals surface area (Å²) in [5, 5.41) is 2.52. The Kier molecular flexibility index (Phi) is 3.62. The van der Waals surface area contributed by atoms with Gasteiger partial charge < -0.3 is 4.74 Å². The highest BCUT2D eigenvalue weighted by molar-refractivity contribution is 6.07. The number of rotatable bonds is 1. The topological polar surface area (TPSA) is 9.23 Å². The van der Waals surface area contributed by atoms with Crippen LogP contribution in [0.25, 0.3) is 50.2 Å². The van der Waals surface area contributed by atoms with Crippen LogP contribution in [0, 0.1) is 0 Å². The van der Waals surface area contributed by atoms with Gasteiger partial charge in [-0.3, -0.25) is 0 Å². The summed E-state index contributed by atoms with van der Waals surface area (Å²) in [5.74, 6) is 1.04. The molecule has 0 unspecified atom stereocenters. The van der Waals surface area contributed by atoms with Gasteiger partial charge in [0, 0.05) is 10.9 Å². The SMILES string of the molecule is C1=Cc2c3c(c4ccccc4c2OC1)-c1ccc(-c2ccc4c(c2)Cc2ccccc2-4)cc1C3. The number of benzene rings is 5. The van der Waals surface area contributed by atoms with Crippen LogP contribution in [0.5, 0.6) is 5.75 Å². The molecule has 0 spiro atoms. The van der Waals surface area contributed by atoms with Crippen molar-refractivity contribution in [3.63, 3.8) is 0 Å². The molecule has 34 heavy (non-hydrogen) atoms. The average Bonchev–Trinajstić information content (AvgIpc) is 3.47. The van der Waals surface area contributed by atoms with Gasteiger partial charge in [-0.15, -0.1) is 0 Å². The second-order valence-electron chi connectivity index (χ2n) is 9.61. The molecule has 1 heteroatoms. The zero-order valence-corrected chi connectivity index (χ0v) is 18.8. The maximum atomic E-state index is 6.14. The summed E-state index contributed by atoms with van der Waals surface area (Å²) in [7, 11) is 0. The molecule has 0 atom stereocenters. The van der Waals surface area contributed by atoms with E-state index in [2.05, 4.69) is 97.1 Å². The van der Waals surface area contributed by atoms with E-state index >= 15 is 0 Å². The molecule has 0 saturated heterocycles. The summed E-state index contributed by atoms with van der Waals surface area (Å²) < 4.78 is 6.14. The lowest BCUT2D eigenvalue weighted by atomic mass is 9.91. The fourth-order valence-electron chi connectivity index (χ4n) is 6.28. The average molecular weight is 435 g/mol. The minimum atomic E-state index is 0.648. The molecule has 2 aliphatic carbocycles. The molecule has 5 aromatic rings. The van der Waals surface area contributed by atoms with Crippen molar-refractivity contribution in [2.75, 3.05) is 6.61 Å². The first kappa shape index (κ1) is 18.3. The van der Waals surface area contributed by atoms with E-state index in [4.69, 9.17) is 4.74 Å². The normalized spacial score (nSPS) is 14.2. The Balaban J connectivity index is 1.27. The molecule has 0 radical (unpaired) electrons. The smallest absolute Gasteiger partial charge is 0.135 e. The van der Waals surface area contributed by atoms with Crippen LogP contribution in [0.15, 0.2) is 91.0 Å². The van der Waals surface area contributed by atoms with Gasteiger partial charge in [0.15, 0.2) is 0 Å². The van der Waals surface area contributed by atoms with Crippen LogP contribution in [0.2, 0.25) is 0 Å². The van der Waals surface area contributed by atoms with E-state index in [-0.39, 0.29) is 0 Å². The van der Waals surface area contributed by atoms with Gasteiger partial charge in [0.1, 0.15) is 12.4 Å². The van der Waals surface area contributed by atoms with Crippen molar-refractivity contribution in [3.8, 4) is 39.1 Å². The third kappa shape index (κ3) is 2.44. The standard InChI is InChI=1S/C33H22O/c1-2-7-25-22(6-1)18-23-16-20(11-13-26(23)25)21-12-14-27-24(17-21)19-31-30-10-5-15-34-33(30)29-9-4-3-8-28(29)32(27)31/h1-14,16-17H,15,18-19H2. The third-order valence-corrected chi connectivity index (χ3v) is 7.79. The van der Waals surface area contributed by atoms with Crippen LogP contribution >= 0.6 is 0 Å². The largest absolute Gasteiger partial charge is 0.488 e. The molecule has 1 nitrogen and oxygen atoms in total. The van der Waals surface area contributed by atoms with Crippen LogP contribution in [0.1, 0.15) is 27.8 Å². The molecule has 3 aliphatic rings. The van der Waals surface area contributed by atoms with E-state index in [0.29, 0.717) is 6.61 Å². The van der Waals surface area contributed by atoms with E-state index in [0.717, 1.165) is 18.6 Å². The van der Waals surface area contributed by atoms with Gasteiger partial charge in [-0.05, 0) is 79.9 Å². The quantitative estimate of drug-likeness (QED) is 0.254. The second kappa shape index (κ2) is 6.71. The maximum Gasteiger partial charge on any atom is 0.135 e. The molecule has 0 bridgehead atoms. The Bertz CT molecular complexity index is 1700. The highest BCUT2D eigenvalue weighted by Crippen LogP contribution is 2.49. The lowest BCUT2D eigenvalue weighted by Gasteiger charge is -2.19. The van der Waals surface area contributed by atoms with Crippen LogP contribution in [-0.4, -0.2) is 6.61 Å². The Labute approximate surface area is 199 Å². The summed E-state index contributed by atoms with van der Waals surface area (Å²) in [6.45, 7) is 0.648. The minimum Gasteiger partial charge on any atom is -0.488 e. The molecule has 0 aromatic heterocycles. The van der Waals surface area contributed by atoms with Crippen LogP contribution < -0.4 is 4.74 Å². The lowest BCUT2D eigenvalue weighted by molar-refractivity contribution is 0.362. The van der Waals surface area contributed by atoms with Gasteiger partial charge >= 0.3 is 0 Å². The predicted octanol–water partition coefficient (Wildman–Crippen LogP) is 8.05. The number of hydrogen-bond acceptors (Lipinski definition) is 1. The number of fused-ring (bicyclic) bond motifs is 11. The highest BCUT2D eigenvalue weighted by atomic mass is 16.5. The molecule has 8 rings (SSSR count). The Morgan fingerprint density at radius 3 is 2.18 bits per heavy atom. The summed E-state index contributed by atoms with van der Waals surface area (Å²) in [6.07, 6.45) is 6.37. The molecule has 1 heterocycles. The maximum absolute atomic E-state index is 6.14. The van der Waals surface area contributed by atoms with Gasteiger partial charge in [0.05, 0.1) is 0 Å². The molecule has 0 saturated carbocycles. The zero-order chi connectivity index (χ0) is 22.2. The van der Waals surface area contributed by atoms with E-state index in [1.54, 1.807) is 0 Å². The van der Waals surface area contributed by atoms with Gasteiger partial charge in [-0.1, -0.05) is 91.0 Å². The summed E-state index contributed by atoms with van der Waals surface area (Å²) in [6, 6.07) is 31.5. The molecule has 0 amide bonds. The Morgan fingerprint density at radius 1 is 0.588 bits per heavy atom. The highest BCUT2D eigenvalue weighted by Gasteiger charge is 2.28. The molecule has 160 valence electrons. The van der Waals surface area contributed by atoms with Crippen LogP contribution in [0.3, 0.4) is 0 Å². The van der Waals surface area contributed by atoms with Crippen LogP contribution in [0.4, 0.5) is 0 Å². The number of ether oxygens (including phenoxy) is 1.